The number of carboxylic acids is 1. The first-order valence-electron chi connectivity index (χ1n) is 7.67. The third-order valence-electron chi connectivity index (χ3n) is 4.08. The molecule has 0 bridgehead atoms. The Morgan fingerprint density at radius 2 is 1.80 bits per heavy atom. The predicted molar refractivity (Wildman–Crippen MR) is 95.8 cm³/mol. The Labute approximate surface area is 148 Å². The van der Waals surface area contributed by atoms with E-state index >= 15 is 0 Å². The van der Waals surface area contributed by atoms with Crippen LogP contribution < -0.4 is 0 Å². The summed E-state index contributed by atoms with van der Waals surface area (Å²) in [6.07, 6.45) is 0. The zero-order valence-corrected chi connectivity index (χ0v) is 14.9. The summed E-state index contributed by atoms with van der Waals surface area (Å²) < 4.78 is 0. The van der Waals surface area contributed by atoms with E-state index in [1.807, 2.05) is 13.8 Å². The number of carboxylic acid groups (broad SMARTS) is 1. The van der Waals surface area contributed by atoms with Crippen molar-refractivity contribution in [3.63, 3.8) is 0 Å². The van der Waals surface area contributed by atoms with Crippen LogP contribution in [0, 0.1) is 13.8 Å². The zero-order valence-electron chi connectivity index (χ0n) is 14.1. The normalized spacial score (nSPS) is 12.1. The third kappa shape index (κ3) is 3.23. The van der Waals surface area contributed by atoms with E-state index in [1.165, 1.54) is 23.3 Å². The van der Waals surface area contributed by atoms with Gasteiger partial charge in [0, 0.05) is 17.5 Å². The molecule has 0 aliphatic rings. The molecule has 0 fully saturated rings. The standard InChI is InChI=1S/C18H17N3O3S/c1-10-11(2)20-14-9-12(6-7-13(14)19-10)17(22)21(3)16(18(23)24)15-5-4-8-25-15/h4-9,16H,1-3H3,(H,23,24)/t16-/m1/s1. The summed E-state index contributed by atoms with van der Waals surface area (Å²) in [6, 6.07) is 7.50. The predicted octanol–water partition coefficient (Wildman–Crippen LogP) is 3.21. The molecule has 1 aromatic carbocycles. The summed E-state index contributed by atoms with van der Waals surface area (Å²) in [7, 11) is 1.50. The van der Waals surface area contributed by atoms with Crippen molar-refractivity contribution in [2.75, 3.05) is 7.05 Å². The number of nitrogens with zero attached hydrogens (tertiary/aromatic N) is 3. The molecule has 3 rings (SSSR count). The van der Waals surface area contributed by atoms with Crippen LogP contribution in [0.15, 0.2) is 35.7 Å². The van der Waals surface area contributed by atoms with Crippen LogP contribution in [0.25, 0.3) is 11.0 Å². The molecule has 3 aromatic rings. The molecule has 0 aliphatic heterocycles. The van der Waals surface area contributed by atoms with Crippen LogP contribution in [0.2, 0.25) is 0 Å². The lowest BCUT2D eigenvalue weighted by atomic mass is 10.1. The maximum absolute atomic E-state index is 12.8. The summed E-state index contributed by atoms with van der Waals surface area (Å²) in [4.78, 5) is 35.2. The topological polar surface area (TPSA) is 83.4 Å². The third-order valence-corrected chi connectivity index (χ3v) is 5.00. The number of hydrogen-bond donors (Lipinski definition) is 1. The van der Waals surface area contributed by atoms with Gasteiger partial charge in [-0.15, -0.1) is 11.3 Å². The van der Waals surface area contributed by atoms with Crippen molar-refractivity contribution in [2.24, 2.45) is 0 Å². The average Bonchev–Trinajstić information content (AvgIpc) is 3.08. The monoisotopic (exact) mass is 355 g/mol. The van der Waals surface area contributed by atoms with Crippen LogP contribution in [0.5, 0.6) is 0 Å². The number of amides is 1. The van der Waals surface area contributed by atoms with Crippen molar-refractivity contribution in [1.82, 2.24) is 14.9 Å². The number of fused-ring (bicyclic) bond motifs is 1. The Balaban J connectivity index is 1.97. The fourth-order valence-corrected chi connectivity index (χ4v) is 3.47. The summed E-state index contributed by atoms with van der Waals surface area (Å²) >= 11 is 1.31. The fraction of sp³-hybridized carbons (Fsp3) is 0.222. The first-order valence-corrected chi connectivity index (χ1v) is 8.55. The van der Waals surface area contributed by atoms with Gasteiger partial charge in [0.05, 0.1) is 22.4 Å². The highest BCUT2D eigenvalue weighted by atomic mass is 32.1. The summed E-state index contributed by atoms with van der Waals surface area (Å²) in [5.41, 5.74) is 3.34. The molecule has 25 heavy (non-hydrogen) atoms. The molecule has 2 aromatic heterocycles. The second-order valence-electron chi connectivity index (χ2n) is 5.77. The molecular weight excluding hydrogens is 338 g/mol. The molecule has 0 saturated heterocycles. The molecule has 1 N–H and O–H groups in total. The van der Waals surface area contributed by atoms with Crippen molar-refractivity contribution >= 4 is 34.2 Å². The van der Waals surface area contributed by atoms with Crippen molar-refractivity contribution in [3.05, 3.63) is 57.5 Å². The molecule has 1 atom stereocenters. The van der Waals surface area contributed by atoms with Crippen molar-refractivity contribution in [1.29, 1.82) is 0 Å². The van der Waals surface area contributed by atoms with Gasteiger partial charge in [-0.1, -0.05) is 6.07 Å². The number of carbonyl (C=O) groups is 2. The number of carbonyl (C=O) groups excluding carboxylic acids is 1. The molecule has 0 spiro atoms. The van der Waals surface area contributed by atoms with Gasteiger partial charge in [-0.2, -0.15) is 0 Å². The van der Waals surface area contributed by atoms with Crippen LogP contribution in [-0.2, 0) is 4.79 Å². The Bertz CT molecular complexity index is 954. The minimum atomic E-state index is -1.06. The molecular formula is C18H17N3O3S. The maximum Gasteiger partial charge on any atom is 0.331 e. The molecule has 6 nitrogen and oxygen atoms in total. The molecule has 7 heteroatoms. The molecule has 0 radical (unpaired) electrons. The molecule has 128 valence electrons. The zero-order chi connectivity index (χ0) is 18.1. The number of aromatic nitrogens is 2. The number of thiophene rings is 1. The highest BCUT2D eigenvalue weighted by Gasteiger charge is 2.29. The molecule has 0 saturated carbocycles. The van der Waals surface area contributed by atoms with Gasteiger partial charge in [0.25, 0.3) is 5.91 Å². The van der Waals surface area contributed by atoms with E-state index in [0.717, 1.165) is 11.4 Å². The van der Waals surface area contributed by atoms with Gasteiger partial charge < -0.3 is 10.0 Å². The number of hydrogen-bond acceptors (Lipinski definition) is 5. The van der Waals surface area contributed by atoms with Crippen LogP contribution >= 0.6 is 11.3 Å². The Hall–Kier alpha value is -2.80. The fourth-order valence-electron chi connectivity index (χ4n) is 2.61. The van der Waals surface area contributed by atoms with Crippen molar-refractivity contribution in [2.45, 2.75) is 19.9 Å². The highest BCUT2D eigenvalue weighted by molar-refractivity contribution is 7.10. The van der Waals surface area contributed by atoms with Crippen molar-refractivity contribution in [3.8, 4) is 0 Å². The summed E-state index contributed by atoms with van der Waals surface area (Å²) in [6.45, 7) is 3.74. The lowest BCUT2D eigenvalue weighted by Crippen LogP contribution is -2.35. The van der Waals surface area contributed by atoms with Gasteiger partial charge in [-0.3, -0.25) is 4.79 Å². The SMILES string of the molecule is Cc1nc2ccc(C(=O)N(C)[C@@H](C(=O)O)c3cccs3)cc2nc1C. The van der Waals surface area contributed by atoms with Crippen LogP contribution in [0.4, 0.5) is 0 Å². The maximum atomic E-state index is 12.8. The first kappa shape index (κ1) is 17.0. The number of rotatable bonds is 4. The number of likely N-dealkylation sites (N-methyl/N-ethyl adjacent to an activating group) is 1. The highest BCUT2D eigenvalue weighted by Crippen LogP contribution is 2.26. The second-order valence-corrected chi connectivity index (χ2v) is 6.75. The van der Waals surface area contributed by atoms with E-state index in [9.17, 15) is 14.7 Å². The van der Waals surface area contributed by atoms with Gasteiger partial charge in [0.2, 0.25) is 0 Å². The second kappa shape index (κ2) is 6.60. The first-order chi connectivity index (χ1) is 11.9. The smallest absolute Gasteiger partial charge is 0.331 e. The van der Waals surface area contributed by atoms with Crippen LogP contribution in [0.1, 0.15) is 32.7 Å². The van der Waals surface area contributed by atoms with E-state index in [-0.39, 0.29) is 5.91 Å². The lowest BCUT2D eigenvalue weighted by Gasteiger charge is -2.24. The van der Waals surface area contributed by atoms with Gasteiger partial charge in [-0.05, 0) is 43.5 Å². The Kier molecular flexibility index (Phi) is 4.50. The van der Waals surface area contributed by atoms with Gasteiger partial charge in [0.1, 0.15) is 0 Å². The molecule has 1 amide bonds. The summed E-state index contributed by atoms with van der Waals surface area (Å²) in [5, 5.41) is 11.3. The van der Waals surface area contributed by atoms with Crippen LogP contribution in [0.3, 0.4) is 0 Å². The Morgan fingerprint density at radius 3 is 2.40 bits per heavy atom. The van der Waals surface area contributed by atoms with Gasteiger partial charge >= 0.3 is 5.97 Å². The Morgan fingerprint density at radius 1 is 1.12 bits per heavy atom. The van der Waals surface area contributed by atoms with E-state index in [4.69, 9.17) is 0 Å². The minimum Gasteiger partial charge on any atom is -0.479 e. The minimum absolute atomic E-state index is 0.372. The van der Waals surface area contributed by atoms with Crippen molar-refractivity contribution < 1.29 is 14.7 Å². The summed E-state index contributed by atoms with van der Waals surface area (Å²) in [5.74, 6) is -1.44. The lowest BCUT2D eigenvalue weighted by molar-refractivity contribution is -0.142. The molecule has 2 heterocycles. The van der Waals surface area contributed by atoms with Crippen LogP contribution in [-0.4, -0.2) is 38.9 Å². The van der Waals surface area contributed by atoms with E-state index < -0.39 is 12.0 Å². The quantitative estimate of drug-likeness (QED) is 0.777. The number of aliphatic carboxylic acids is 1. The largest absolute Gasteiger partial charge is 0.479 e. The number of benzene rings is 1. The molecule has 0 aliphatic carbocycles. The average molecular weight is 355 g/mol. The molecule has 0 unspecified atom stereocenters. The van der Waals surface area contributed by atoms with Gasteiger partial charge in [-0.25, -0.2) is 14.8 Å². The van der Waals surface area contributed by atoms with Gasteiger partial charge in [0.15, 0.2) is 6.04 Å². The number of aryl methyl sites for hydroxylation is 2. The van der Waals surface area contributed by atoms with E-state index in [0.29, 0.717) is 21.5 Å². The van der Waals surface area contributed by atoms with E-state index in [1.54, 1.807) is 35.7 Å². The van der Waals surface area contributed by atoms with E-state index in [2.05, 4.69) is 9.97 Å².